The lowest BCUT2D eigenvalue weighted by molar-refractivity contribution is 0.0836. The second kappa shape index (κ2) is 3.31. The van der Waals surface area contributed by atoms with Gasteiger partial charge in [0.2, 0.25) is 0 Å². The van der Waals surface area contributed by atoms with Crippen LogP contribution in [0.4, 0.5) is 4.39 Å². The van der Waals surface area contributed by atoms with Crippen LogP contribution in [-0.4, -0.2) is 11.0 Å². The maximum atomic E-state index is 12.4. The monoisotopic (exact) mass is 207 g/mol. The Morgan fingerprint density at radius 2 is 2.14 bits per heavy atom. The van der Waals surface area contributed by atoms with Gasteiger partial charge >= 0.3 is 6.04 Å². The SMILES string of the molecule is O=C(F)c1ccc2c(=S)cc[nH]c2c1. The molecule has 0 aliphatic rings. The number of H-pyrrole nitrogens is 1. The highest BCUT2D eigenvalue weighted by Gasteiger charge is 2.04. The molecule has 0 radical (unpaired) electrons. The maximum absolute atomic E-state index is 12.4. The van der Waals surface area contributed by atoms with Gasteiger partial charge in [-0.25, -0.2) is 0 Å². The topological polar surface area (TPSA) is 32.9 Å². The van der Waals surface area contributed by atoms with Crippen molar-refractivity contribution < 1.29 is 9.18 Å². The van der Waals surface area contributed by atoms with E-state index in [4.69, 9.17) is 12.2 Å². The summed E-state index contributed by atoms with van der Waals surface area (Å²) in [4.78, 5) is 13.4. The Kier molecular flexibility index (Phi) is 2.13. The van der Waals surface area contributed by atoms with Gasteiger partial charge in [-0.15, -0.1) is 0 Å². The largest absolute Gasteiger partial charge is 0.361 e. The first kappa shape index (κ1) is 9.02. The minimum absolute atomic E-state index is 0.0364. The number of aromatic amines is 1. The molecule has 0 atom stereocenters. The Balaban J connectivity index is 2.80. The first-order chi connectivity index (χ1) is 6.68. The van der Waals surface area contributed by atoms with Crippen molar-refractivity contribution in [2.45, 2.75) is 0 Å². The van der Waals surface area contributed by atoms with Crippen molar-refractivity contribution in [3.05, 3.63) is 40.5 Å². The Morgan fingerprint density at radius 3 is 2.86 bits per heavy atom. The van der Waals surface area contributed by atoms with Gasteiger partial charge in [-0.05, 0) is 18.2 Å². The summed E-state index contributed by atoms with van der Waals surface area (Å²) < 4.78 is 13.1. The second-order valence-electron chi connectivity index (χ2n) is 2.88. The summed E-state index contributed by atoms with van der Waals surface area (Å²) >= 11 is 5.06. The van der Waals surface area contributed by atoms with Crippen LogP contribution in [0.1, 0.15) is 10.4 Å². The quantitative estimate of drug-likeness (QED) is 0.576. The molecule has 2 nitrogen and oxygen atoms in total. The second-order valence-corrected chi connectivity index (χ2v) is 3.32. The van der Waals surface area contributed by atoms with Crippen LogP contribution in [0.15, 0.2) is 30.5 Å². The molecule has 0 aliphatic heterocycles. The van der Waals surface area contributed by atoms with Gasteiger partial charge in [0.1, 0.15) is 0 Å². The molecule has 0 bridgehead atoms. The van der Waals surface area contributed by atoms with Gasteiger partial charge in [0.05, 0.1) is 5.56 Å². The van der Waals surface area contributed by atoms with Crippen LogP contribution >= 0.6 is 12.2 Å². The van der Waals surface area contributed by atoms with Crippen molar-refractivity contribution in [3.8, 4) is 0 Å². The molecule has 0 spiro atoms. The number of carbonyl (C=O) groups is 1. The molecular formula is C10H6FNOS. The minimum Gasteiger partial charge on any atom is -0.361 e. The van der Waals surface area contributed by atoms with Crippen LogP contribution in [0.5, 0.6) is 0 Å². The molecule has 2 rings (SSSR count). The summed E-state index contributed by atoms with van der Waals surface area (Å²) in [5.74, 6) is 0. The smallest absolute Gasteiger partial charge is 0.332 e. The number of fused-ring (bicyclic) bond motifs is 1. The third-order valence-corrected chi connectivity index (χ3v) is 2.34. The van der Waals surface area contributed by atoms with E-state index in [1.54, 1.807) is 18.3 Å². The fraction of sp³-hybridized carbons (Fsp3) is 0. The molecule has 0 saturated heterocycles. The number of halogens is 1. The highest BCUT2D eigenvalue weighted by atomic mass is 32.1. The van der Waals surface area contributed by atoms with Gasteiger partial charge in [0.15, 0.2) is 0 Å². The van der Waals surface area contributed by atoms with Crippen LogP contribution in [0.25, 0.3) is 10.9 Å². The molecule has 0 saturated carbocycles. The zero-order chi connectivity index (χ0) is 10.1. The van der Waals surface area contributed by atoms with E-state index in [1.165, 1.54) is 12.1 Å². The molecule has 1 heterocycles. The zero-order valence-corrected chi connectivity index (χ0v) is 7.90. The van der Waals surface area contributed by atoms with Crippen LogP contribution in [0.2, 0.25) is 0 Å². The standard InChI is InChI=1S/C10H6FNOS/c11-10(13)6-1-2-7-8(5-6)12-4-3-9(7)14/h1-5H,(H,12,14). The highest BCUT2D eigenvalue weighted by Crippen LogP contribution is 2.15. The number of hydrogen-bond donors (Lipinski definition) is 1. The summed E-state index contributed by atoms with van der Waals surface area (Å²) in [7, 11) is 0. The number of hydrogen-bond acceptors (Lipinski definition) is 2. The van der Waals surface area contributed by atoms with E-state index in [1.807, 2.05) is 0 Å². The normalized spacial score (nSPS) is 10.4. The van der Waals surface area contributed by atoms with E-state index in [-0.39, 0.29) is 5.56 Å². The summed E-state index contributed by atoms with van der Waals surface area (Å²) in [6.45, 7) is 0. The van der Waals surface area contributed by atoms with Gasteiger partial charge in [-0.3, -0.25) is 4.79 Å². The third-order valence-electron chi connectivity index (χ3n) is 1.99. The Morgan fingerprint density at radius 1 is 1.36 bits per heavy atom. The summed E-state index contributed by atoms with van der Waals surface area (Å²) in [6, 6.07) is 4.83. The first-order valence-corrected chi connectivity index (χ1v) is 4.40. The van der Waals surface area contributed by atoms with Crippen molar-refractivity contribution in [2.75, 3.05) is 0 Å². The number of benzene rings is 1. The van der Waals surface area contributed by atoms with E-state index >= 15 is 0 Å². The van der Waals surface area contributed by atoms with Gasteiger partial charge in [0.25, 0.3) is 0 Å². The minimum atomic E-state index is -1.44. The Labute approximate surface area is 84.4 Å². The van der Waals surface area contributed by atoms with Crippen molar-refractivity contribution >= 4 is 29.2 Å². The van der Waals surface area contributed by atoms with E-state index in [0.29, 0.717) is 10.0 Å². The summed E-state index contributed by atoms with van der Waals surface area (Å²) in [6.07, 6.45) is 1.66. The summed E-state index contributed by atoms with van der Waals surface area (Å²) in [5, 5.41) is 0.813. The van der Waals surface area contributed by atoms with E-state index < -0.39 is 6.04 Å². The molecule has 0 aliphatic carbocycles. The first-order valence-electron chi connectivity index (χ1n) is 4.00. The van der Waals surface area contributed by atoms with Crippen LogP contribution in [-0.2, 0) is 0 Å². The molecule has 0 unspecified atom stereocenters. The maximum Gasteiger partial charge on any atom is 0.332 e. The molecular weight excluding hydrogens is 201 g/mol. The van der Waals surface area contributed by atoms with Gasteiger partial charge in [0, 0.05) is 21.6 Å². The predicted octanol–water partition coefficient (Wildman–Crippen LogP) is 3.01. The van der Waals surface area contributed by atoms with Crippen molar-refractivity contribution in [2.24, 2.45) is 0 Å². The number of nitrogens with one attached hydrogen (secondary N) is 1. The number of rotatable bonds is 1. The molecule has 0 fully saturated rings. The summed E-state index contributed by atoms with van der Waals surface area (Å²) in [5.41, 5.74) is 0.704. The fourth-order valence-corrected chi connectivity index (χ4v) is 1.54. The molecule has 1 aromatic carbocycles. The van der Waals surface area contributed by atoms with Crippen molar-refractivity contribution in [3.63, 3.8) is 0 Å². The lowest BCUT2D eigenvalue weighted by Crippen LogP contribution is -1.90. The Bertz CT molecular complexity index is 561. The third kappa shape index (κ3) is 1.44. The van der Waals surface area contributed by atoms with E-state index in [2.05, 4.69) is 4.98 Å². The lowest BCUT2D eigenvalue weighted by Gasteiger charge is -1.98. The van der Waals surface area contributed by atoms with Crippen LogP contribution in [0.3, 0.4) is 0 Å². The average molecular weight is 207 g/mol. The van der Waals surface area contributed by atoms with Crippen molar-refractivity contribution in [1.29, 1.82) is 0 Å². The molecule has 14 heavy (non-hydrogen) atoms. The fourth-order valence-electron chi connectivity index (χ4n) is 1.30. The molecule has 70 valence electrons. The highest BCUT2D eigenvalue weighted by molar-refractivity contribution is 7.71. The average Bonchev–Trinajstić information content (AvgIpc) is 2.17. The van der Waals surface area contributed by atoms with Gasteiger partial charge in [-0.2, -0.15) is 4.39 Å². The molecule has 0 amide bonds. The molecule has 1 aromatic heterocycles. The van der Waals surface area contributed by atoms with Crippen LogP contribution in [0, 0.1) is 4.51 Å². The van der Waals surface area contributed by atoms with Gasteiger partial charge < -0.3 is 4.98 Å². The zero-order valence-electron chi connectivity index (χ0n) is 7.08. The Hall–Kier alpha value is -1.55. The van der Waals surface area contributed by atoms with E-state index in [0.717, 1.165) is 5.39 Å². The van der Waals surface area contributed by atoms with Gasteiger partial charge in [-0.1, -0.05) is 18.3 Å². The van der Waals surface area contributed by atoms with E-state index in [9.17, 15) is 9.18 Å². The van der Waals surface area contributed by atoms with Crippen molar-refractivity contribution in [1.82, 2.24) is 4.98 Å². The molecule has 1 N–H and O–H groups in total. The lowest BCUT2D eigenvalue weighted by atomic mass is 10.1. The molecule has 2 aromatic rings. The predicted molar refractivity (Wildman–Crippen MR) is 54.6 cm³/mol. The number of pyridine rings is 1. The molecule has 4 heteroatoms. The van der Waals surface area contributed by atoms with Crippen LogP contribution < -0.4 is 0 Å². The number of carbonyl (C=O) groups excluding carboxylic acids is 1. The number of aromatic nitrogens is 1.